The van der Waals surface area contributed by atoms with Crippen LogP contribution < -0.4 is 10.3 Å². The number of piperidine rings is 1. The number of likely N-dealkylation sites (tertiary alicyclic amines) is 1. The minimum absolute atomic E-state index is 0.0334. The number of hydrogen-bond acceptors (Lipinski definition) is 6. The highest BCUT2D eigenvalue weighted by Crippen LogP contribution is 2.20. The zero-order valence-corrected chi connectivity index (χ0v) is 13.9. The number of pyridine rings is 1. The predicted octanol–water partition coefficient (Wildman–Crippen LogP) is 1.37. The lowest BCUT2D eigenvalue weighted by Crippen LogP contribution is -2.44. The van der Waals surface area contributed by atoms with Gasteiger partial charge in [0.2, 0.25) is 5.69 Å². The standard InChI is InChI=1S/C16H14ClN5O3/c17-12-6-10(8-21-14(12)23)16(24)22-5-1-2-11(9-22)25-15-13(7-18)19-3-4-20-15/h3-4,6,8,11H,1-2,5,9H2,(H,21,23). The van der Waals surface area contributed by atoms with E-state index in [2.05, 4.69) is 15.0 Å². The van der Waals surface area contributed by atoms with Crippen LogP contribution in [-0.4, -0.2) is 45.0 Å². The fraction of sp³-hybridized carbons (Fsp3) is 0.312. The molecule has 9 heteroatoms. The van der Waals surface area contributed by atoms with Crippen LogP contribution in [0.25, 0.3) is 0 Å². The van der Waals surface area contributed by atoms with E-state index in [1.165, 1.54) is 24.7 Å². The topological polar surface area (TPSA) is 112 Å². The van der Waals surface area contributed by atoms with Crippen molar-refractivity contribution in [2.24, 2.45) is 0 Å². The normalized spacial score (nSPS) is 17.0. The number of ether oxygens (including phenoxy) is 1. The minimum Gasteiger partial charge on any atom is -0.470 e. The molecule has 1 aliphatic heterocycles. The second-order valence-corrected chi connectivity index (χ2v) is 5.93. The summed E-state index contributed by atoms with van der Waals surface area (Å²) in [5, 5.41) is 9.01. The highest BCUT2D eigenvalue weighted by molar-refractivity contribution is 6.30. The number of nitrogens with one attached hydrogen (secondary N) is 1. The van der Waals surface area contributed by atoms with Crippen LogP contribution in [0.1, 0.15) is 28.9 Å². The molecule has 0 radical (unpaired) electrons. The smallest absolute Gasteiger partial charge is 0.266 e. The molecule has 128 valence electrons. The average molecular weight is 360 g/mol. The molecule has 1 N–H and O–H groups in total. The number of hydrogen-bond donors (Lipinski definition) is 1. The maximum absolute atomic E-state index is 12.6. The maximum atomic E-state index is 12.6. The Balaban J connectivity index is 1.72. The molecule has 1 saturated heterocycles. The molecule has 8 nitrogen and oxygen atoms in total. The molecule has 2 aromatic heterocycles. The van der Waals surface area contributed by atoms with Gasteiger partial charge >= 0.3 is 0 Å². The highest BCUT2D eigenvalue weighted by Gasteiger charge is 2.27. The molecular weight excluding hydrogens is 346 g/mol. The van der Waals surface area contributed by atoms with Gasteiger partial charge in [-0.05, 0) is 18.9 Å². The van der Waals surface area contributed by atoms with Gasteiger partial charge in [-0.2, -0.15) is 5.26 Å². The van der Waals surface area contributed by atoms with E-state index in [9.17, 15) is 9.59 Å². The molecule has 0 spiro atoms. The minimum atomic E-state index is -0.440. The first-order valence-corrected chi connectivity index (χ1v) is 8.01. The molecule has 25 heavy (non-hydrogen) atoms. The van der Waals surface area contributed by atoms with E-state index in [4.69, 9.17) is 21.6 Å². The molecule has 3 heterocycles. The number of nitrogens with zero attached hydrogens (tertiary/aromatic N) is 4. The Kier molecular flexibility index (Phi) is 4.95. The predicted molar refractivity (Wildman–Crippen MR) is 88.4 cm³/mol. The first-order valence-electron chi connectivity index (χ1n) is 7.63. The van der Waals surface area contributed by atoms with Crippen molar-refractivity contribution in [3.8, 4) is 11.9 Å². The fourth-order valence-electron chi connectivity index (χ4n) is 2.63. The molecule has 0 bridgehead atoms. The fourth-order valence-corrected chi connectivity index (χ4v) is 2.80. The van der Waals surface area contributed by atoms with Crippen LogP contribution in [0.2, 0.25) is 5.02 Å². The average Bonchev–Trinajstić information content (AvgIpc) is 2.64. The Hall–Kier alpha value is -2.92. The molecule has 1 aliphatic rings. The molecule has 1 unspecified atom stereocenters. The number of carbonyl (C=O) groups is 1. The summed E-state index contributed by atoms with van der Waals surface area (Å²) < 4.78 is 5.76. The van der Waals surface area contributed by atoms with E-state index in [0.29, 0.717) is 18.7 Å². The SMILES string of the molecule is N#Cc1nccnc1OC1CCCN(C(=O)c2c[nH]c(=O)c(Cl)c2)C1. The molecule has 0 aromatic carbocycles. The van der Waals surface area contributed by atoms with Crippen LogP contribution >= 0.6 is 11.6 Å². The number of aromatic amines is 1. The summed E-state index contributed by atoms with van der Waals surface area (Å²) in [5.74, 6) is -0.0810. The lowest BCUT2D eigenvalue weighted by molar-refractivity contribution is 0.0525. The lowest BCUT2D eigenvalue weighted by atomic mass is 10.1. The zero-order chi connectivity index (χ0) is 17.8. The van der Waals surface area contributed by atoms with Crippen LogP contribution in [0.5, 0.6) is 5.88 Å². The molecule has 3 rings (SSSR count). The van der Waals surface area contributed by atoms with E-state index < -0.39 is 5.56 Å². The Morgan fingerprint density at radius 2 is 2.24 bits per heavy atom. The largest absolute Gasteiger partial charge is 0.470 e. The summed E-state index contributed by atoms with van der Waals surface area (Å²) in [7, 11) is 0. The van der Waals surface area contributed by atoms with Gasteiger partial charge in [-0.25, -0.2) is 9.97 Å². The van der Waals surface area contributed by atoms with Crippen molar-refractivity contribution in [1.82, 2.24) is 19.9 Å². The van der Waals surface area contributed by atoms with Crippen LogP contribution in [0.15, 0.2) is 29.5 Å². The van der Waals surface area contributed by atoms with Gasteiger partial charge < -0.3 is 14.6 Å². The molecule has 2 aromatic rings. The number of nitriles is 1. The summed E-state index contributed by atoms with van der Waals surface area (Å²) >= 11 is 5.78. The number of carbonyl (C=O) groups excluding carboxylic acids is 1. The summed E-state index contributed by atoms with van der Waals surface area (Å²) in [6.45, 7) is 0.915. The molecule has 1 fully saturated rings. The van der Waals surface area contributed by atoms with E-state index >= 15 is 0 Å². The molecular formula is C16H14ClN5O3. The monoisotopic (exact) mass is 359 g/mol. The summed E-state index contributed by atoms with van der Waals surface area (Å²) in [5.41, 5.74) is -0.0226. The summed E-state index contributed by atoms with van der Waals surface area (Å²) in [6.07, 6.45) is 5.40. The summed E-state index contributed by atoms with van der Waals surface area (Å²) in [4.78, 5) is 35.9. The summed E-state index contributed by atoms with van der Waals surface area (Å²) in [6, 6.07) is 3.28. The van der Waals surface area contributed by atoms with Gasteiger partial charge in [0.25, 0.3) is 17.3 Å². The quantitative estimate of drug-likeness (QED) is 0.885. The number of H-pyrrole nitrogens is 1. The van der Waals surface area contributed by atoms with Crippen LogP contribution in [0.3, 0.4) is 0 Å². The van der Waals surface area contributed by atoms with Crippen molar-refractivity contribution in [1.29, 1.82) is 5.26 Å². The Morgan fingerprint density at radius 3 is 3.00 bits per heavy atom. The van der Waals surface area contributed by atoms with Gasteiger partial charge in [0.1, 0.15) is 17.2 Å². The van der Waals surface area contributed by atoms with Crippen molar-refractivity contribution < 1.29 is 9.53 Å². The number of rotatable bonds is 3. The third-order valence-corrected chi connectivity index (χ3v) is 4.10. The van der Waals surface area contributed by atoms with Crippen LogP contribution in [0.4, 0.5) is 0 Å². The van der Waals surface area contributed by atoms with Gasteiger partial charge in [0, 0.05) is 25.1 Å². The van der Waals surface area contributed by atoms with Gasteiger partial charge in [0.15, 0.2) is 0 Å². The number of aromatic nitrogens is 3. The van der Waals surface area contributed by atoms with Crippen LogP contribution in [0, 0.1) is 11.3 Å². The Labute approximate surface area is 148 Å². The Bertz CT molecular complexity index is 892. The first kappa shape index (κ1) is 16.9. The van der Waals surface area contributed by atoms with E-state index in [1.54, 1.807) is 4.90 Å². The van der Waals surface area contributed by atoms with E-state index in [-0.39, 0.29) is 28.6 Å². The van der Waals surface area contributed by atoms with Crippen LogP contribution in [-0.2, 0) is 0 Å². The van der Waals surface area contributed by atoms with E-state index in [1.807, 2.05) is 6.07 Å². The molecule has 1 amide bonds. The molecule has 0 aliphatic carbocycles. The maximum Gasteiger partial charge on any atom is 0.266 e. The highest BCUT2D eigenvalue weighted by atomic mass is 35.5. The van der Waals surface area contributed by atoms with Crippen molar-refractivity contribution in [2.45, 2.75) is 18.9 Å². The molecule has 1 atom stereocenters. The Morgan fingerprint density at radius 1 is 1.44 bits per heavy atom. The van der Waals surface area contributed by atoms with Crippen molar-refractivity contribution in [3.63, 3.8) is 0 Å². The van der Waals surface area contributed by atoms with Crippen molar-refractivity contribution in [3.05, 3.63) is 51.3 Å². The van der Waals surface area contributed by atoms with Crippen molar-refractivity contribution in [2.75, 3.05) is 13.1 Å². The van der Waals surface area contributed by atoms with Gasteiger partial charge in [-0.1, -0.05) is 11.6 Å². The lowest BCUT2D eigenvalue weighted by Gasteiger charge is -2.32. The van der Waals surface area contributed by atoms with Gasteiger partial charge in [0.05, 0.1) is 12.1 Å². The number of halogens is 1. The number of amides is 1. The van der Waals surface area contributed by atoms with Crippen molar-refractivity contribution >= 4 is 17.5 Å². The van der Waals surface area contributed by atoms with Gasteiger partial charge in [-0.15, -0.1) is 0 Å². The first-order chi connectivity index (χ1) is 12.1. The second kappa shape index (κ2) is 7.32. The third kappa shape index (κ3) is 3.78. The second-order valence-electron chi connectivity index (χ2n) is 5.52. The zero-order valence-electron chi connectivity index (χ0n) is 13.1. The van der Waals surface area contributed by atoms with Gasteiger partial charge in [-0.3, -0.25) is 9.59 Å². The third-order valence-electron chi connectivity index (χ3n) is 3.82. The molecule has 0 saturated carbocycles. The van der Waals surface area contributed by atoms with E-state index in [0.717, 1.165) is 12.8 Å².